The van der Waals surface area contributed by atoms with Crippen LogP contribution in [0.3, 0.4) is 0 Å². The first-order valence-electron chi connectivity index (χ1n) is 5.05. The summed E-state index contributed by atoms with van der Waals surface area (Å²) in [5.41, 5.74) is 3.06. The molecule has 2 N–H and O–H groups in total. The number of hydrogen-bond donors (Lipinski definition) is 1. The van der Waals surface area contributed by atoms with Crippen molar-refractivity contribution in [2.24, 2.45) is 5.73 Å². The summed E-state index contributed by atoms with van der Waals surface area (Å²) in [6.07, 6.45) is -8.54. The van der Waals surface area contributed by atoms with Crippen molar-refractivity contribution in [2.45, 2.75) is 19.3 Å². The molecule has 0 saturated heterocycles. The number of esters is 1. The summed E-state index contributed by atoms with van der Waals surface area (Å²) in [6, 6.07) is 0.830. The Morgan fingerprint density at radius 2 is 2.05 bits per heavy atom. The zero-order valence-electron chi connectivity index (χ0n) is 10.0. The first-order valence-corrected chi connectivity index (χ1v) is 5.05. The number of rotatable bonds is 4. The van der Waals surface area contributed by atoms with Crippen LogP contribution in [-0.2, 0) is 11.3 Å². The number of ether oxygens (including phenoxy) is 2. The number of carbonyl (C=O) groups is 1. The number of aromatic nitrogens is 1. The van der Waals surface area contributed by atoms with Crippen molar-refractivity contribution in [1.82, 2.24) is 4.98 Å². The van der Waals surface area contributed by atoms with Gasteiger partial charge in [-0.2, -0.15) is 0 Å². The summed E-state index contributed by atoms with van der Waals surface area (Å²) < 4.78 is 69.8. The number of carbonyl (C=O) groups excluding carboxylic acids is 1. The lowest BCUT2D eigenvalue weighted by Crippen LogP contribution is -2.21. The van der Waals surface area contributed by atoms with Gasteiger partial charge in [0.15, 0.2) is 5.69 Å². The van der Waals surface area contributed by atoms with Crippen LogP contribution in [0, 0.1) is 0 Å². The number of hydrogen-bond acceptors (Lipinski definition) is 5. The Bertz CT molecular complexity index is 504. The van der Waals surface area contributed by atoms with Gasteiger partial charge in [-0.15, -0.1) is 13.2 Å². The van der Waals surface area contributed by atoms with Crippen molar-refractivity contribution in [2.75, 3.05) is 7.11 Å². The van der Waals surface area contributed by atoms with Crippen LogP contribution in [0.5, 0.6) is 5.88 Å². The van der Waals surface area contributed by atoms with Crippen molar-refractivity contribution in [3.05, 3.63) is 22.9 Å². The molecule has 10 heteroatoms. The van der Waals surface area contributed by atoms with Crippen LogP contribution in [0.15, 0.2) is 6.07 Å². The smallest absolute Gasteiger partial charge is 0.464 e. The molecule has 0 amide bonds. The maximum Gasteiger partial charge on any atom is 0.574 e. The lowest BCUT2D eigenvalue weighted by molar-refractivity contribution is -0.276. The lowest BCUT2D eigenvalue weighted by Gasteiger charge is -2.15. The molecule has 0 bridgehead atoms. The van der Waals surface area contributed by atoms with E-state index in [-0.39, 0.29) is 0 Å². The van der Waals surface area contributed by atoms with Crippen molar-refractivity contribution >= 4 is 5.97 Å². The Morgan fingerprint density at radius 3 is 2.45 bits per heavy atom. The number of pyridine rings is 1. The Hall–Kier alpha value is -1.97. The zero-order chi connectivity index (χ0) is 15.5. The van der Waals surface area contributed by atoms with Crippen molar-refractivity contribution < 1.29 is 36.2 Å². The van der Waals surface area contributed by atoms with Crippen molar-refractivity contribution in [1.29, 1.82) is 0 Å². The second-order valence-corrected chi connectivity index (χ2v) is 3.43. The Balaban J connectivity index is 3.45. The van der Waals surface area contributed by atoms with Gasteiger partial charge in [0.1, 0.15) is 0 Å². The molecule has 1 aromatic rings. The number of methoxy groups -OCH3 is 1. The van der Waals surface area contributed by atoms with Gasteiger partial charge in [-0.3, -0.25) is 0 Å². The number of nitrogens with two attached hydrogens (primary N) is 1. The van der Waals surface area contributed by atoms with Crippen LogP contribution in [0.4, 0.5) is 22.0 Å². The normalized spacial score (nSPS) is 11.6. The second-order valence-electron chi connectivity index (χ2n) is 3.43. The molecular weight excluding hydrogens is 291 g/mol. The zero-order valence-corrected chi connectivity index (χ0v) is 10.0. The standard InChI is InChI=1S/C10H9F5N2O3/c1-19-9(18)5-2-4(3-16)6(7(11)12)8(17-5)20-10(13,14)15/h2,7H,3,16H2,1H3. The van der Waals surface area contributed by atoms with Gasteiger partial charge in [0.05, 0.1) is 12.7 Å². The third-order valence-corrected chi connectivity index (χ3v) is 2.15. The molecule has 0 unspecified atom stereocenters. The van der Waals surface area contributed by atoms with Crippen LogP contribution in [0.1, 0.15) is 28.0 Å². The maximum absolute atomic E-state index is 12.8. The maximum atomic E-state index is 12.8. The van der Waals surface area contributed by atoms with E-state index in [4.69, 9.17) is 5.73 Å². The molecule has 0 aromatic carbocycles. The molecule has 0 fully saturated rings. The molecule has 0 spiro atoms. The van der Waals surface area contributed by atoms with E-state index >= 15 is 0 Å². The summed E-state index contributed by atoms with van der Waals surface area (Å²) in [5.74, 6) is -2.52. The summed E-state index contributed by atoms with van der Waals surface area (Å²) >= 11 is 0. The molecule has 112 valence electrons. The SMILES string of the molecule is COC(=O)c1cc(CN)c(C(F)F)c(OC(F)(F)F)n1. The minimum atomic E-state index is -5.24. The first kappa shape index (κ1) is 16.1. The minimum Gasteiger partial charge on any atom is -0.464 e. The molecule has 0 aliphatic carbocycles. The molecule has 0 aliphatic heterocycles. The summed E-state index contributed by atoms with van der Waals surface area (Å²) in [5, 5.41) is 0. The van der Waals surface area contributed by atoms with E-state index in [9.17, 15) is 26.7 Å². The van der Waals surface area contributed by atoms with Crippen molar-refractivity contribution in [3.8, 4) is 5.88 Å². The van der Waals surface area contributed by atoms with Crippen molar-refractivity contribution in [3.63, 3.8) is 0 Å². The molecule has 0 aliphatic rings. The number of alkyl halides is 5. The number of nitrogens with zero attached hydrogens (tertiary/aromatic N) is 1. The molecule has 1 aromatic heterocycles. The van der Waals surface area contributed by atoms with E-state index in [1.165, 1.54) is 0 Å². The molecule has 1 rings (SSSR count). The van der Waals surface area contributed by atoms with E-state index in [0.29, 0.717) is 0 Å². The average molecular weight is 300 g/mol. The highest BCUT2D eigenvalue weighted by molar-refractivity contribution is 5.87. The Kier molecular flexibility index (Phi) is 4.82. The van der Waals surface area contributed by atoms with Gasteiger partial charge >= 0.3 is 12.3 Å². The quantitative estimate of drug-likeness (QED) is 0.681. The monoisotopic (exact) mass is 300 g/mol. The molecule has 0 radical (unpaired) electrons. The van der Waals surface area contributed by atoms with E-state index in [1.807, 2.05) is 0 Å². The molecule has 20 heavy (non-hydrogen) atoms. The average Bonchev–Trinajstić information content (AvgIpc) is 2.34. The first-order chi connectivity index (χ1) is 9.19. The predicted molar refractivity (Wildman–Crippen MR) is 55.1 cm³/mol. The van der Waals surface area contributed by atoms with Gasteiger partial charge in [0.25, 0.3) is 6.43 Å². The van der Waals surface area contributed by atoms with E-state index in [0.717, 1.165) is 13.2 Å². The largest absolute Gasteiger partial charge is 0.574 e. The van der Waals surface area contributed by atoms with Gasteiger partial charge in [-0.1, -0.05) is 0 Å². The van der Waals surface area contributed by atoms with Crippen LogP contribution in [0.2, 0.25) is 0 Å². The van der Waals surface area contributed by atoms with Crippen LogP contribution < -0.4 is 10.5 Å². The fourth-order valence-corrected chi connectivity index (χ4v) is 1.38. The third-order valence-electron chi connectivity index (χ3n) is 2.15. The fourth-order valence-electron chi connectivity index (χ4n) is 1.38. The van der Waals surface area contributed by atoms with Gasteiger partial charge in [0.2, 0.25) is 5.88 Å². The van der Waals surface area contributed by atoms with Gasteiger partial charge in [0, 0.05) is 6.54 Å². The Labute approximate surface area is 109 Å². The second kappa shape index (κ2) is 5.99. The molecule has 0 saturated carbocycles. The summed E-state index contributed by atoms with van der Waals surface area (Å²) in [4.78, 5) is 14.3. The number of halogens is 5. The highest BCUT2D eigenvalue weighted by atomic mass is 19.4. The molecule has 5 nitrogen and oxygen atoms in total. The molecular formula is C10H9F5N2O3. The summed E-state index contributed by atoms with van der Waals surface area (Å²) in [6.45, 7) is -0.527. The lowest BCUT2D eigenvalue weighted by atomic mass is 10.1. The van der Waals surface area contributed by atoms with Gasteiger partial charge in [-0.05, 0) is 11.6 Å². The highest BCUT2D eigenvalue weighted by Gasteiger charge is 2.35. The highest BCUT2D eigenvalue weighted by Crippen LogP contribution is 2.34. The van der Waals surface area contributed by atoms with E-state index < -0.39 is 48.0 Å². The van der Waals surface area contributed by atoms with E-state index in [1.54, 1.807) is 0 Å². The topological polar surface area (TPSA) is 74.4 Å². The van der Waals surface area contributed by atoms with Gasteiger partial charge in [-0.25, -0.2) is 18.6 Å². The van der Waals surface area contributed by atoms with Crippen LogP contribution >= 0.6 is 0 Å². The van der Waals surface area contributed by atoms with Crippen LogP contribution in [-0.4, -0.2) is 24.4 Å². The van der Waals surface area contributed by atoms with E-state index in [2.05, 4.69) is 14.5 Å². The Morgan fingerprint density at radius 1 is 1.45 bits per heavy atom. The molecule has 0 atom stereocenters. The molecule has 1 heterocycles. The third kappa shape index (κ3) is 3.76. The van der Waals surface area contributed by atoms with Gasteiger partial charge < -0.3 is 15.2 Å². The van der Waals surface area contributed by atoms with Crippen LogP contribution in [0.25, 0.3) is 0 Å². The minimum absolute atomic E-state index is 0.394. The fraction of sp³-hybridized carbons (Fsp3) is 0.400. The predicted octanol–water partition coefficient (Wildman–Crippen LogP) is 2.16. The summed E-state index contributed by atoms with van der Waals surface area (Å²) in [7, 11) is 0.956.